The Morgan fingerprint density at radius 3 is 2.60 bits per heavy atom. The number of carbonyl (C=O) groups excluding carboxylic acids is 1. The minimum atomic E-state index is -0.498. The van der Waals surface area contributed by atoms with Crippen LogP contribution < -0.4 is 10.6 Å². The third-order valence-electron chi connectivity index (χ3n) is 2.44. The minimum Gasteiger partial charge on any atom is -0.351 e. The molecule has 1 heterocycles. The molecule has 1 aromatic carbocycles. The number of carbonyl (C=O) groups is 1. The number of rotatable bonds is 4. The highest BCUT2D eigenvalue weighted by atomic mass is 35.5. The molecule has 0 aliphatic carbocycles. The van der Waals surface area contributed by atoms with Crippen molar-refractivity contribution >= 4 is 41.8 Å². The molecule has 110 valence electrons. The monoisotopic (exact) mass is 320 g/mol. The van der Waals surface area contributed by atoms with E-state index in [0.717, 1.165) is 0 Å². The van der Waals surface area contributed by atoms with Crippen LogP contribution in [0.3, 0.4) is 0 Å². The summed E-state index contributed by atoms with van der Waals surface area (Å²) in [6.07, 6.45) is 2.94. The number of benzene rings is 1. The Balaban J connectivity index is 0.00000180. The number of nitrogens with one attached hydrogen (secondary N) is 2. The fourth-order valence-electron chi connectivity index (χ4n) is 1.61. The Morgan fingerprint density at radius 2 is 1.90 bits per heavy atom. The summed E-state index contributed by atoms with van der Waals surface area (Å²) in [6, 6.07) is 2.43. The average Bonchev–Trinajstić information content (AvgIpc) is 2.38. The van der Waals surface area contributed by atoms with E-state index in [0.29, 0.717) is 24.1 Å². The summed E-state index contributed by atoms with van der Waals surface area (Å²) in [5, 5.41) is 5.59. The van der Waals surface area contributed by atoms with E-state index in [-0.39, 0.29) is 36.3 Å². The van der Waals surface area contributed by atoms with Crippen LogP contribution in [0.15, 0.2) is 24.5 Å². The lowest BCUT2D eigenvalue weighted by molar-refractivity contribution is 0.0955. The van der Waals surface area contributed by atoms with Crippen molar-refractivity contribution in [1.29, 1.82) is 0 Å². The lowest BCUT2D eigenvalue weighted by atomic mass is 10.1. The standard InChI is InChI=1S/C12H13FN4O.2ClH/c1-14-2-3-17-12(18)9-6-8(13)7-10-11(9)16-5-4-15-10;;/h4-7,14H,2-3H2,1H3,(H,17,18);2*1H. The molecule has 5 nitrogen and oxygen atoms in total. The van der Waals surface area contributed by atoms with Gasteiger partial charge in [0, 0.05) is 31.5 Å². The van der Waals surface area contributed by atoms with E-state index in [1.165, 1.54) is 24.5 Å². The van der Waals surface area contributed by atoms with E-state index in [4.69, 9.17) is 0 Å². The van der Waals surface area contributed by atoms with Crippen molar-refractivity contribution in [2.45, 2.75) is 0 Å². The molecule has 0 radical (unpaired) electrons. The Kier molecular flexibility index (Phi) is 7.98. The molecule has 1 aromatic heterocycles. The Labute approximate surface area is 128 Å². The number of aromatic nitrogens is 2. The molecule has 0 bridgehead atoms. The molecule has 2 rings (SSSR count). The number of hydrogen-bond acceptors (Lipinski definition) is 4. The largest absolute Gasteiger partial charge is 0.351 e. The van der Waals surface area contributed by atoms with Crippen molar-refractivity contribution in [2.75, 3.05) is 20.1 Å². The second-order valence-electron chi connectivity index (χ2n) is 3.74. The van der Waals surface area contributed by atoms with Crippen LogP contribution in [0.2, 0.25) is 0 Å². The van der Waals surface area contributed by atoms with E-state index < -0.39 is 5.82 Å². The van der Waals surface area contributed by atoms with Crippen LogP contribution in [0.4, 0.5) is 4.39 Å². The van der Waals surface area contributed by atoms with Crippen molar-refractivity contribution in [3.8, 4) is 0 Å². The van der Waals surface area contributed by atoms with E-state index in [2.05, 4.69) is 20.6 Å². The quantitative estimate of drug-likeness (QED) is 0.839. The van der Waals surface area contributed by atoms with Gasteiger partial charge >= 0.3 is 0 Å². The van der Waals surface area contributed by atoms with E-state index in [9.17, 15) is 9.18 Å². The number of amides is 1. The van der Waals surface area contributed by atoms with E-state index >= 15 is 0 Å². The molecule has 0 spiro atoms. The first kappa shape index (κ1) is 18.5. The molecule has 0 unspecified atom stereocenters. The topological polar surface area (TPSA) is 66.9 Å². The number of hydrogen-bond donors (Lipinski definition) is 2. The van der Waals surface area contributed by atoms with Crippen molar-refractivity contribution < 1.29 is 9.18 Å². The summed E-state index contributed by atoms with van der Waals surface area (Å²) in [5.41, 5.74) is 0.978. The molecule has 0 atom stereocenters. The van der Waals surface area contributed by atoms with Crippen LogP contribution in [0, 0.1) is 5.82 Å². The third kappa shape index (κ3) is 4.26. The summed E-state index contributed by atoms with van der Waals surface area (Å²) in [5.74, 6) is -0.850. The first-order valence-electron chi connectivity index (χ1n) is 5.55. The highest BCUT2D eigenvalue weighted by Gasteiger charge is 2.13. The van der Waals surface area contributed by atoms with Gasteiger partial charge in [0.15, 0.2) is 0 Å². The summed E-state index contributed by atoms with van der Waals surface area (Å²) in [7, 11) is 1.79. The summed E-state index contributed by atoms with van der Waals surface area (Å²) in [4.78, 5) is 20.0. The highest BCUT2D eigenvalue weighted by Crippen LogP contribution is 2.16. The van der Waals surface area contributed by atoms with Gasteiger partial charge < -0.3 is 10.6 Å². The van der Waals surface area contributed by atoms with Crippen LogP contribution in [-0.4, -0.2) is 36.0 Å². The molecule has 2 aromatic rings. The van der Waals surface area contributed by atoms with Gasteiger partial charge in [0.2, 0.25) is 0 Å². The summed E-state index contributed by atoms with van der Waals surface area (Å²) < 4.78 is 13.4. The molecule has 0 aliphatic heterocycles. The van der Waals surface area contributed by atoms with Gasteiger partial charge in [-0.1, -0.05) is 0 Å². The Hall–Kier alpha value is -1.50. The molecule has 8 heteroatoms. The van der Waals surface area contributed by atoms with Crippen LogP contribution in [0.1, 0.15) is 10.4 Å². The van der Waals surface area contributed by atoms with Gasteiger partial charge in [0.1, 0.15) is 11.3 Å². The lowest BCUT2D eigenvalue weighted by Crippen LogP contribution is -2.30. The number of halogens is 3. The van der Waals surface area contributed by atoms with Crippen molar-refractivity contribution in [2.24, 2.45) is 0 Å². The minimum absolute atomic E-state index is 0. The first-order valence-corrected chi connectivity index (χ1v) is 5.55. The maximum atomic E-state index is 13.4. The van der Waals surface area contributed by atoms with E-state index in [1.54, 1.807) is 7.05 Å². The van der Waals surface area contributed by atoms with Crippen molar-refractivity contribution in [3.63, 3.8) is 0 Å². The molecule has 1 amide bonds. The zero-order valence-corrected chi connectivity index (χ0v) is 12.4. The van der Waals surface area contributed by atoms with Gasteiger partial charge in [0.05, 0.1) is 11.1 Å². The second-order valence-corrected chi connectivity index (χ2v) is 3.74. The van der Waals surface area contributed by atoms with Crippen LogP contribution in [-0.2, 0) is 0 Å². The Bertz CT molecular complexity index is 582. The second kappa shape index (κ2) is 8.63. The molecule has 0 saturated carbocycles. The summed E-state index contributed by atoms with van der Waals surface area (Å²) >= 11 is 0. The molecular formula is C12H15Cl2FN4O. The van der Waals surface area contributed by atoms with E-state index in [1.807, 2.05) is 0 Å². The summed E-state index contributed by atoms with van der Waals surface area (Å²) in [6.45, 7) is 1.11. The molecule has 0 saturated heterocycles. The normalized spacial score (nSPS) is 9.50. The molecular weight excluding hydrogens is 306 g/mol. The fraction of sp³-hybridized carbons (Fsp3) is 0.250. The molecule has 20 heavy (non-hydrogen) atoms. The number of nitrogens with zero attached hydrogens (tertiary/aromatic N) is 2. The lowest BCUT2D eigenvalue weighted by Gasteiger charge is -2.07. The van der Waals surface area contributed by atoms with Crippen molar-refractivity contribution in [3.05, 3.63) is 35.9 Å². The van der Waals surface area contributed by atoms with Gasteiger partial charge in [0.25, 0.3) is 5.91 Å². The SMILES string of the molecule is CNCCNC(=O)c1cc(F)cc2nccnc12.Cl.Cl. The molecule has 0 aliphatic rings. The van der Waals surface area contributed by atoms with Crippen LogP contribution >= 0.6 is 24.8 Å². The molecule has 2 N–H and O–H groups in total. The number of fused-ring (bicyclic) bond motifs is 1. The van der Waals surface area contributed by atoms with Crippen LogP contribution in [0.5, 0.6) is 0 Å². The zero-order chi connectivity index (χ0) is 13.0. The van der Waals surface area contributed by atoms with Crippen LogP contribution in [0.25, 0.3) is 11.0 Å². The fourth-order valence-corrected chi connectivity index (χ4v) is 1.61. The Morgan fingerprint density at radius 1 is 1.20 bits per heavy atom. The van der Waals surface area contributed by atoms with Gasteiger partial charge in [-0.15, -0.1) is 24.8 Å². The zero-order valence-electron chi connectivity index (χ0n) is 10.7. The predicted molar refractivity (Wildman–Crippen MR) is 80.3 cm³/mol. The van der Waals surface area contributed by atoms with Gasteiger partial charge in [-0.2, -0.15) is 0 Å². The number of likely N-dealkylation sites (N-methyl/N-ethyl adjacent to an activating group) is 1. The van der Waals surface area contributed by atoms with Gasteiger partial charge in [-0.3, -0.25) is 14.8 Å². The smallest absolute Gasteiger partial charge is 0.253 e. The maximum absolute atomic E-state index is 13.4. The predicted octanol–water partition coefficient (Wildman–Crippen LogP) is 1.56. The average molecular weight is 321 g/mol. The third-order valence-corrected chi connectivity index (χ3v) is 2.44. The maximum Gasteiger partial charge on any atom is 0.253 e. The van der Waals surface area contributed by atoms with Gasteiger partial charge in [-0.25, -0.2) is 4.39 Å². The molecule has 0 fully saturated rings. The van der Waals surface area contributed by atoms with Gasteiger partial charge in [-0.05, 0) is 13.1 Å². The first-order chi connectivity index (χ1) is 8.72. The highest BCUT2D eigenvalue weighted by molar-refractivity contribution is 6.04. The van der Waals surface area contributed by atoms with Crippen molar-refractivity contribution in [1.82, 2.24) is 20.6 Å².